The van der Waals surface area contributed by atoms with Gasteiger partial charge in [-0.3, -0.25) is 0 Å². The lowest BCUT2D eigenvalue weighted by molar-refractivity contribution is 0.0400. The number of aryl methyl sites for hydroxylation is 2. The van der Waals surface area contributed by atoms with E-state index < -0.39 is 11.9 Å². The van der Waals surface area contributed by atoms with Gasteiger partial charge < -0.3 is 19.7 Å². The topological polar surface area (TPSA) is 127 Å². The van der Waals surface area contributed by atoms with E-state index in [-0.39, 0.29) is 30.7 Å². The summed E-state index contributed by atoms with van der Waals surface area (Å²) in [6.45, 7) is 0.541. The zero-order valence-corrected chi connectivity index (χ0v) is 18.2. The van der Waals surface area contributed by atoms with Gasteiger partial charge >= 0.3 is 23.9 Å². The number of carboxylic acid groups (broad SMARTS) is 2. The Bertz CT molecular complexity index is 1250. The van der Waals surface area contributed by atoms with Gasteiger partial charge in [0.25, 0.3) is 0 Å². The van der Waals surface area contributed by atoms with Crippen molar-refractivity contribution in [3.63, 3.8) is 0 Å². The molecule has 34 heavy (non-hydrogen) atoms. The Kier molecular flexibility index (Phi) is 6.58. The molecule has 6 rings (SSSR count). The lowest BCUT2D eigenvalue weighted by atomic mass is 9.84. The molecule has 0 radical (unpaired) electrons. The molecule has 8 heteroatoms. The van der Waals surface area contributed by atoms with Crippen LogP contribution in [0.2, 0.25) is 0 Å². The van der Waals surface area contributed by atoms with Crippen LogP contribution in [0.5, 0.6) is 0 Å². The van der Waals surface area contributed by atoms with Crippen molar-refractivity contribution in [1.29, 1.82) is 0 Å². The number of ether oxygens (including phenoxy) is 2. The fourth-order valence-electron chi connectivity index (χ4n) is 4.15. The van der Waals surface area contributed by atoms with Crippen molar-refractivity contribution in [2.75, 3.05) is 13.2 Å². The van der Waals surface area contributed by atoms with Gasteiger partial charge in [-0.25, -0.2) is 19.2 Å². The molecule has 3 aliphatic rings. The third-order valence-corrected chi connectivity index (χ3v) is 5.77. The standard InChI is InChI=1S/C15H12O4.C11H10O4/c16-14(17)9-4-5-11-10(7-9)6-8-2-1-3-12(11)13(8)15(18)19;12-10-8-2-3-9(5-4-8)11(13)15-7-1-6-14-10/h4-7H,1-3H2,(H,16,17)(H,18,19);2-5H,1,6-7H2. The number of hydrogen-bond acceptors (Lipinski definition) is 6. The molecule has 0 aromatic heterocycles. The van der Waals surface area contributed by atoms with E-state index in [1.54, 1.807) is 36.4 Å². The number of benzene rings is 3. The number of fused-ring (bicyclic) bond motifs is 12. The van der Waals surface area contributed by atoms with Gasteiger partial charge in [-0.15, -0.1) is 0 Å². The Hall–Kier alpha value is -4.20. The molecule has 0 amide bonds. The summed E-state index contributed by atoms with van der Waals surface area (Å²) in [5.41, 5.74) is 3.18. The van der Waals surface area contributed by atoms with Crippen molar-refractivity contribution in [3.8, 4) is 0 Å². The molecule has 2 aliphatic heterocycles. The number of aromatic carboxylic acids is 2. The zero-order chi connectivity index (χ0) is 24.2. The summed E-state index contributed by atoms with van der Waals surface area (Å²) in [7, 11) is 0. The predicted octanol–water partition coefficient (Wildman–Crippen LogP) is 4.13. The van der Waals surface area contributed by atoms with Crippen LogP contribution in [-0.2, 0) is 22.3 Å². The molecule has 0 spiro atoms. The first-order chi connectivity index (χ1) is 16.3. The highest BCUT2D eigenvalue weighted by molar-refractivity contribution is 6.02. The summed E-state index contributed by atoms with van der Waals surface area (Å²) >= 11 is 0. The highest BCUT2D eigenvalue weighted by Gasteiger charge is 2.22. The smallest absolute Gasteiger partial charge is 0.338 e. The average molecular weight is 462 g/mol. The van der Waals surface area contributed by atoms with Crippen molar-refractivity contribution in [2.24, 2.45) is 0 Å². The van der Waals surface area contributed by atoms with E-state index in [0.717, 1.165) is 41.2 Å². The molecule has 0 saturated heterocycles. The normalized spacial score (nSPS) is 14.8. The lowest BCUT2D eigenvalue weighted by Gasteiger charge is -2.20. The van der Waals surface area contributed by atoms with E-state index in [1.165, 1.54) is 6.07 Å². The van der Waals surface area contributed by atoms with E-state index in [1.807, 2.05) is 6.07 Å². The molecule has 1 aliphatic carbocycles. The summed E-state index contributed by atoms with van der Waals surface area (Å²) in [5.74, 6) is -2.59. The minimum atomic E-state index is -0.968. The molecule has 0 atom stereocenters. The van der Waals surface area contributed by atoms with Crippen molar-refractivity contribution in [3.05, 3.63) is 81.9 Å². The van der Waals surface area contributed by atoms with E-state index in [4.69, 9.17) is 14.6 Å². The summed E-state index contributed by atoms with van der Waals surface area (Å²) < 4.78 is 9.92. The molecule has 8 nitrogen and oxygen atoms in total. The number of carbonyl (C=O) groups excluding carboxylic acids is 2. The number of rotatable bonds is 2. The van der Waals surface area contributed by atoms with Crippen LogP contribution in [0.25, 0.3) is 10.8 Å². The van der Waals surface area contributed by atoms with Gasteiger partial charge in [0.1, 0.15) is 0 Å². The van der Waals surface area contributed by atoms with Gasteiger partial charge in [0.2, 0.25) is 0 Å². The molecule has 2 N–H and O–H groups in total. The second-order valence-corrected chi connectivity index (χ2v) is 7.99. The molecule has 0 saturated carbocycles. The van der Waals surface area contributed by atoms with Gasteiger partial charge in [0.05, 0.1) is 35.5 Å². The van der Waals surface area contributed by atoms with Crippen LogP contribution in [-0.4, -0.2) is 47.3 Å². The SMILES string of the molecule is O=C(O)c1ccc2c3c(C(=O)O)c(cc2c1)CCC3.O=C1OCCCOC(=O)c2ccc1cc2. The Morgan fingerprint density at radius 2 is 1.35 bits per heavy atom. The zero-order valence-electron chi connectivity index (χ0n) is 18.2. The first kappa shape index (κ1) is 23.0. The monoisotopic (exact) mass is 462 g/mol. The van der Waals surface area contributed by atoms with Crippen LogP contribution in [0.4, 0.5) is 0 Å². The molecule has 174 valence electrons. The third-order valence-electron chi connectivity index (χ3n) is 5.77. The second-order valence-electron chi connectivity index (χ2n) is 7.99. The van der Waals surface area contributed by atoms with E-state index >= 15 is 0 Å². The number of esters is 2. The molecule has 4 bridgehead atoms. The van der Waals surface area contributed by atoms with Crippen LogP contribution in [0, 0.1) is 0 Å². The maximum absolute atomic E-state index is 11.4. The molecule has 3 aromatic rings. The first-order valence-corrected chi connectivity index (χ1v) is 10.8. The fraction of sp³-hybridized carbons (Fsp3) is 0.231. The van der Waals surface area contributed by atoms with Crippen molar-refractivity contribution in [2.45, 2.75) is 25.7 Å². The van der Waals surface area contributed by atoms with Crippen LogP contribution in [0.1, 0.15) is 65.4 Å². The molecular weight excluding hydrogens is 440 g/mol. The molecule has 0 fully saturated rings. The Morgan fingerprint density at radius 1 is 0.735 bits per heavy atom. The Labute approximate surface area is 194 Å². The minimum absolute atomic E-state index is 0.230. The van der Waals surface area contributed by atoms with Gasteiger partial charge in [0.15, 0.2) is 0 Å². The predicted molar refractivity (Wildman–Crippen MR) is 122 cm³/mol. The lowest BCUT2D eigenvalue weighted by Crippen LogP contribution is -2.13. The summed E-state index contributed by atoms with van der Waals surface area (Å²) in [6, 6.07) is 12.9. The third kappa shape index (κ3) is 4.76. The van der Waals surface area contributed by atoms with E-state index in [0.29, 0.717) is 23.1 Å². The van der Waals surface area contributed by atoms with Gasteiger partial charge in [-0.1, -0.05) is 12.1 Å². The number of carboxylic acids is 2. The van der Waals surface area contributed by atoms with Crippen molar-refractivity contribution < 1.29 is 38.9 Å². The summed E-state index contributed by atoms with van der Waals surface area (Å²) in [4.78, 5) is 45.1. The van der Waals surface area contributed by atoms with Crippen molar-refractivity contribution in [1.82, 2.24) is 0 Å². The molecular formula is C26H22O8. The highest BCUT2D eigenvalue weighted by atomic mass is 16.5. The Balaban J connectivity index is 0.000000166. The van der Waals surface area contributed by atoms with Crippen LogP contribution in [0.15, 0.2) is 48.5 Å². The van der Waals surface area contributed by atoms with E-state index in [9.17, 15) is 24.3 Å². The maximum atomic E-state index is 11.4. The molecule has 2 heterocycles. The van der Waals surface area contributed by atoms with Crippen molar-refractivity contribution >= 4 is 34.6 Å². The molecule has 0 unspecified atom stereocenters. The van der Waals surface area contributed by atoms with Crippen LogP contribution < -0.4 is 0 Å². The van der Waals surface area contributed by atoms with Crippen LogP contribution in [0.3, 0.4) is 0 Å². The maximum Gasteiger partial charge on any atom is 0.338 e. The quantitative estimate of drug-likeness (QED) is 0.544. The van der Waals surface area contributed by atoms with Crippen LogP contribution >= 0.6 is 0 Å². The van der Waals surface area contributed by atoms with E-state index in [2.05, 4.69) is 0 Å². The Morgan fingerprint density at radius 3 is 1.91 bits per heavy atom. The largest absolute Gasteiger partial charge is 0.478 e. The fourth-order valence-corrected chi connectivity index (χ4v) is 4.15. The first-order valence-electron chi connectivity index (χ1n) is 10.8. The second kappa shape index (κ2) is 9.74. The summed E-state index contributed by atoms with van der Waals surface area (Å²) in [6.07, 6.45) is 2.94. The number of hydrogen-bond donors (Lipinski definition) is 2. The highest BCUT2D eigenvalue weighted by Crippen LogP contribution is 2.32. The van der Waals surface area contributed by atoms with Gasteiger partial charge in [-0.2, -0.15) is 0 Å². The average Bonchev–Trinajstić information content (AvgIpc) is 2.87. The molecule has 3 aromatic carbocycles. The van der Waals surface area contributed by atoms with Gasteiger partial charge in [-0.05, 0) is 77.6 Å². The number of carbonyl (C=O) groups is 4. The minimum Gasteiger partial charge on any atom is -0.478 e. The summed E-state index contributed by atoms with van der Waals surface area (Å²) in [5, 5.41) is 20.0. The van der Waals surface area contributed by atoms with Gasteiger partial charge in [0, 0.05) is 6.42 Å².